The van der Waals surface area contributed by atoms with E-state index in [2.05, 4.69) is 15.2 Å². The summed E-state index contributed by atoms with van der Waals surface area (Å²) in [6.45, 7) is 3.50. The van der Waals surface area contributed by atoms with Crippen LogP contribution >= 0.6 is 23.1 Å². The van der Waals surface area contributed by atoms with Crippen LogP contribution in [-0.4, -0.2) is 21.1 Å². The number of hydrogen-bond donors (Lipinski definition) is 0. The maximum absolute atomic E-state index is 13.1. The third-order valence-electron chi connectivity index (χ3n) is 4.15. The van der Waals surface area contributed by atoms with Crippen LogP contribution in [0.1, 0.15) is 18.2 Å². The smallest absolute Gasteiger partial charge is 0.277 e. The molecule has 2 aromatic heterocycles. The molecular weight excluding hydrogens is 423 g/mol. The van der Waals surface area contributed by atoms with Gasteiger partial charge in [0.15, 0.2) is 5.13 Å². The predicted octanol–water partition coefficient (Wildman–Crippen LogP) is 5.62. The summed E-state index contributed by atoms with van der Waals surface area (Å²) < 4.78 is 18.7. The standard InChI is InChI=1S/C21H17FN4O2S2/c1-13-4-3-5-18(10-13)26(14(2)27)20-23-17(11-29-20)12-30-21-25-24-19(28-21)15-6-8-16(22)9-7-15/h3-11H,12H2,1-2H3. The van der Waals surface area contributed by atoms with Gasteiger partial charge in [0.25, 0.3) is 5.22 Å². The van der Waals surface area contributed by atoms with Crippen LogP contribution in [-0.2, 0) is 10.5 Å². The lowest BCUT2D eigenvalue weighted by Crippen LogP contribution is -2.22. The molecule has 2 heterocycles. The first-order valence-corrected chi connectivity index (χ1v) is 10.9. The average molecular weight is 441 g/mol. The summed E-state index contributed by atoms with van der Waals surface area (Å²) in [4.78, 5) is 18.4. The molecule has 0 N–H and O–H groups in total. The Morgan fingerprint density at radius 3 is 2.73 bits per heavy atom. The van der Waals surface area contributed by atoms with Gasteiger partial charge in [-0.2, -0.15) is 0 Å². The lowest BCUT2D eigenvalue weighted by atomic mass is 10.2. The molecule has 0 atom stereocenters. The number of benzene rings is 2. The molecule has 0 fully saturated rings. The van der Waals surface area contributed by atoms with Crippen LogP contribution < -0.4 is 4.90 Å². The minimum atomic E-state index is -0.322. The number of carbonyl (C=O) groups excluding carboxylic acids is 1. The molecule has 0 saturated heterocycles. The Morgan fingerprint density at radius 2 is 2.00 bits per heavy atom. The number of hydrogen-bond acceptors (Lipinski definition) is 7. The number of thiazole rings is 1. The molecule has 4 aromatic rings. The summed E-state index contributed by atoms with van der Waals surface area (Å²) >= 11 is 2.75. The first kappa shape index (κ1) is 20.2. The number of nitrogens with zero attached hydrogens (tertiary/aromatic N) is 4. The topological polar surface area (TPSA) is 72.1 Å². The average Bonchev–Trinajstić information content (AvgIpc) is 3.37. The van der Waals surface area contributed by atoms with Crippen molar-refractivity contribution in [2.75, 3.05) is 4.90 Å². The second-order valence-corrected chi connectivity index (χ2v) is 8.25. The Kier molecular flexibility index (Phi) is 5.91. The van der Waals surface area contributed by atoms with Crippen LogP contribution in [0.5, 0.6) is 0 Å². The van der Waals surface area contributed by atoms with Crippen molar-refractivity contribution >= 4 is 39.8 Å². The molecule has 0 aliphatic rings. The van der Waals surface area contributed by atoms with Gasteiger partial charge in [-0.3, -0.25) is 9.69 Å². The summed E-state index contributed by atoms with van der Waals surface area (Å²) in [5.41, 5.74) is 3.32. The van der Waals surface area contributed by atoms with E-state index in [0.717, 1.165) is 16.9 Å². The molecule has 0 radical (unpaired) electrons. The lowest BCUT2D eigenvalue weighted by molar-refractivity contribution is -0.115. The Balaban J connectivity index is 1.46. The lowest BCUT2D eigenvalue weighted by Gasteiger charge is -2.18. The van der Waals surface area contributed by atoms with Crippen molar-refractivity contribution in [1.82, 2.24) is 15.2 Å². The van der Waals surface area contributed by atoms with Crippen LogP contribution in [0.25, 0.3) is 11.5 Å². The number of aryl methyl sites for hydroxylation is 1. The molecule has 0 aliphatic carbocycles. The van der Waals surface area contributed by atoms with Gasteiger partial charge < -0.3 is 4.42 Å². The quantitative estimate of drug-likeness (QED) is 0.363. The fourth-order valence-corrected chi connectivity index (χ4v) is 4.42. The number of carbonyl (C=O) groups is 1. The van der Waals surface area contributed by atoms with Gasteiger partial charge in [0.1, 0.15) is 5.82 Å². The van der Waals surface area contributed by atoms with Crippen LogP contribution in [0.4, 0.5) is 15.2 Å². The largest absolute Gasteiger partial charge is 0.411 e. The zero-order chi connectivity index (χ0) is 21.1. The van der Waals surface area contributed by atoms with Crippen LogP contribution in [0.3, 0.4) is 0 Å². The summed E-state index contributed by atoms with van der Waals surface area (Å²) in [5.74, 6) is 0.423. The fraction of sp³-hybridized carbons (Fsp3) is 0.143. The van der Waals surface area contributed by atoms with E-state index >= 15 is 0 Å². The van der Waals surface area contributed by atoms with E-state index in [4.69, 9.17) is 4.42 Å². The van der Waals surface area contributed by atoms with E-state index in [-0.39, 0.29) is 11.7 Å². The molecular formula is C21H17FN4O2S2. The van der Waals surface area contributed by atoms with Crippen molar-refractivity contribution in [3.63, 3.8) is 0 Å². The predicted molar refractivity (Wildman–Crippen MR) is 115 cm³/mol. The van der Waals surface area contributed by atoms with Gasteiger partial charge in [0.2, 0.25) is 11.8 Å². The van der Waals surface area contributed by atoms with Gasteiger partial charge in [-0.25, -0.2) is 9.37 Å². The molecule has 0 bridgehead atoms. The number of amides is 1. The van der Waals surface area contributed by atoms with Crippen molar-refractivity contribution in [3.05, 3.63) is 71.0 Å². The SMILES string of the molecule is CC(=O)N(c1cccc(C)c1)c1nc(CSc2nnc(-c3ccc(F)cc3)o2)cs1. The zero-order valence-electron chi connectivity index (χ0n) is 16.2. The molecule has 2 aromatic carbocycles. The van der Waals surface area contributed by atoms with E-state index in [1.54, 1.807) is 17.0 Å². The summed E-state index contributed by atoms with van der Waals surface area (Å²) in [7, 11) is 0. The Hall–Kier alpha value is -3.04. The van der Waals surface area contributed by atoms with Crippen molar-refractivity contribution in [3.8, 4) is 11.5 Å². The Bertz CT molecular complexity index is 1170. The van der Waals surface area contributed by atoms with E-state index in [1.165, 1.54) is 42.2 Å². The maximum atomic E-state index is 13.1. The molecule has 4 rings (SSSR count). The van der Waals surface area contributed by atoms with Crippen LogP contribution in [0.2, 0.25) is 0 Å². The van der Waals surface area contributed by atoms with Gasteiger partial charge in [-0.15, -0.1) is 21.5 Å². The number of rotatable bonds is 6. The van der Waals surface area contributed by atoms with Crippen molar-refractivity contribution in [2.45, 2.75) is 24.8 Å². The maximum Gasteiger partial charge on any atom is 0.277 e. The molecule has 152 valence electrons. The third kappa shape index (κ3) is 4.58. The zero-order valence-corrected chi connectivity index (χ0v) is 17.8. The first-order valence-electron chi connectivity index (χ1n) is 9.03. The number of halogens is 1. The normalized spacial score (nSPS) is 10.9. The second kappa shape index (κ2) is 8.76. The van der Waals surface area contributed by atoms with Crippen LogP contribution in [0, 0.1) is 12.7 Å². The number of aromatic nitrogens is 3. The van der Waals surface area contributed by atoms with Crippen molar-refractivity contribution < 1.29 is 13.6 Å². The van der Waals surface area contributed by atoms with Gasteiger partial charge in [-0.05, 0) is 48.9 Å². The molecule has 30 heavy (non-hydrogen) atoms. The molecule has 6 nitrogen and oxygen atoms in total. The third-order valence-corrected chi connectivity index (χ3v) is 5.87. The van der Waals surface area contributed by atoms with Gasteiger partial charge in [-0.1, -0.05) is 23.9 Å². The first-order chi connectivity index (χ1) is 14.5. The summed E-state index contributed by atoms with van der Waals surface area (Å²) in [6.07, 6.45) is 0. The second-order valence-electron chi connectivity index (χ2n) is 6.48. The van der Waals surface area contributed by atoms with E-state index in [0.29, 0.717) is 27.6 Å². The number of anilines is 2. The van der Waals surface area contributed by atoms with E-state index in [9.17, 15) is 9.18 Å². The molecule has 0 unspecified atom stereocenters. The molecule has 9 heteroatoms. The number of thioether (sulfide) groups is 1. The monoisotopic (exact) mass is 440 g/mol. The fourth-order valence-electron chi connectivity index (χ4n) is 2.77. The molecule has 0 spiro atoms. The highest BCUT2D eigenvalue weighted by atomic mass is 32.2. The van der Waals surface area contributed by atoms with Gasteiger partial charge in [0.05, 0.1) is 11.4 Å². The minimum absolute atomic E-state index is 0.102. The molecule has 0 saturated carbocycles. The van der Waals surface area contributed by atoms with E-state index in [1.807, 2.05) is 36.6 Å². The highest BCUT2D eigenvalue weighted by molar-refractivity contribution is 7.98. The highest BCUT2D eigenvalue weighted by Gasteiger charge is 2.18. The Morgan fingerprint density at radius 1 is 1.20 bits per heavy atom. The van der Waals surface area contributed by atoms with Crippen molar-refractivity contribution in [2.24, 2.45) is 0 Å². The van der Waals surface area contributed by atoms with Gasteiger partial charge >= 0.3 is 0 Å². The summed E-state index contributed by atoms with van der Waals surface area (Å²) in [6, 6.07) is 13.6. The van der Waals surface area contributed by atoms with Gasteiger partial charge in [0, 0.05) is 23.6 Å². The van der Waals surface area contributed by atoms with Crippen LogP contribution in [0.15, 0.2) is 63.6 Å². The minimum Gasteiger partial charge on any atom is -0.411 e. The highest BCUT2D eigenvalue weighted by Crippen LogP contribution is 2.32. The molecule has 1 amide bonds. The summed E-state index contributed by atoms with van der Waals surface area (Å²) in [5, 5.41) is 10.9. The Labute approximate surface area is 180 Å². The molecule has 0 aliphatic heterocycles. The van der Waals surface area contributed by atoms with E-state index < -0.39 is 0 Å². The van der Waals surface area contributed by atoms with Crippen molar-refractivity contribution in [1.29, 1.82) is 0 Å².